The Morgan fingerprint density at radius 2 is 1.85 bits per heavy atom. The number of allylic oxidation sites excluding steroid dienone is 2. The Morgan fingerprint density at radius 3 is 2.73 bits per heavy atom. The lowest BCUT2D eigenvalue weighted by Gasteiger charge is -2.37. The summed E-state index contributed by atoms with van der Waals surface area (Å²) in [7, 11) is 0. The lowest BCUT2D eigenvalue weighted by Crippen LogP contribution is -2.29. The van der Waals surface area contributed by atoms with Gasteiger partial charge in [-0.1, -0.05) is 54.6 Å². The second kappa shape index (κ2) is 5.70. The molecule has 0 saturated carbocycles. The zero-order chi connectivity index (χ0) is 17.7. The molecule has 4 heteroatoms. The van der Waals surface area contributed by atoms with Gasteiger partial charge in [0, 0.05) is 23.7 Å². The Balaban J connectivity index is 1.65. The summed E-state index contributed by atoms with van der Waals surface area (Å²) >= 11 is 0. The zero-order valence-electron chi connectivity index (χ0n) is 14.1. The van der Waals surface area contributed by atoms with Gasteiger partial charge in [-0.2, -0.15) is 0 Å². The first-order valence-corrected chi connectivity index (χ1v) is 8.91. The Kier molecular flexibility index (Phi) is 3.32. The van der Waals surface area contributed by atoms with E-state index in [0.717, 1.165) is 17.7 Å². The van der Waals surface area contributed by atoms with Crippen LogP contribution in [0.4, 0.5) is 11.4 Å². The molecule has 128 valence electrons. The van der Waals surface area contributed by atoms with Crippen molar-refractivity contribution in [1.82, 2.24) is 0 Å². The van der Waals surface area contributed by atoms with Crippen molar-refractivity contribution in [2.75, 3.05) is 5.32 Å². The maximum Gasteiger partial charge on any atom is 0.269 e. The number of rotatable bonds is 2. The third kappa shape index (κ3) is 2.22. The first-order valence-electron chi connectivity index (χ1n) is 8.91. The Hall–Kier alpha value is -3.14. The molecular formula is C22H18N2O2. The molecule has 0 spiro atoms. The SMILES string of the molecule is O=[N+]([O-])c1ccc2c(c1)[C@@H]1C=CC[C@H]1[C@@H](c1cccc3ccccc13)N2. The van der Waals surface area contributed by atoms with E-state index in [-0.39, 0.29) is 22.6 Å². The van der Waals surface area contributed by atoms with Crippen LogP contribution in [0, 0.1) is 16.0 Å². The highest BCUT2D eigenvalue weighted by Crippen LogP contribution is 2.51. The summed E-state index contributed by atoms with van der Waals surface area (Å²) in [4.78, 5) is 10.9. The van der Waals surface area contributed by atoms with Crippen molar-refractivity contribution in [2.45, 2.75) is 18.4 Å². The van der Waals surface area contributed by atoms with Gasteiger partial charge in [0.05, 0.1) is 11.0 Å². The fraction of sp³-hybridized carbons (Fsp3) is 0.182. The number of nitrogens with one attached hydrogen (secondary N) is 1. The molecule has 26 heavy (non-hydrogen) atoms. The highest BCUT2D eigenvalue weighted by molar-refractivity contribution is 5.86. The van der Waals surface area contributed by atoms with Gasteiger partial charge in [0.25, 0.3) is 5.69 Å². The largest absolute Gasteiger partial charge is 0.378 e. The molecule has 2 aliphatic rings. The molecule has 1 aliphatic heterocycles. The van der Waals surface area contributed by atoms with E-state index >= 15 is 0 Å². The number of non-ortho nitro benzene ring substituents is 1. The monoisotopic (exact) mass is 342 g/mol. The minimum atomic E-state index is -0.315. The summed E-state index contributed by atoms with van der Waals surface area (Å²) in [6.07, 6.45) is 5.41. The highest BCUT2D eigenvalue weighted by atomic mass is 16.6. The van der Waals surface area contributed by atoms with Gasteiger partial charge in [-0.15, -0.1) is 0 Å². The van der Waals surface area contributed by atoms with Gasteiger partial charge in [-0.05, 0) is 40.3 Å². The molecule has 0 saturated heterocycles. The van der Waals surface area contributed by atoms with Crippen molar-refractivity contribution in [3.63, 3.8) is 0 Å². The van der Waals surface area contributed by atoms with Gasteiger partial charge in [0.15, 0.2) is 0 Å². The number of fused-ring (bicyclic) bond motifs is 4. The molecule has 0 radical (unpaired) electrons. The normalized spacial score (nSPS) is 23.3. The standard InChI is InChI=1S/C22H18N2O2/c25-24(26)15-11-12-21-20(13-15)17-8-4-10-19(17)22(23-21)18-9-3-6-14-5-1-2-7-16(14)18/h1-9,11-13,17,19,22-23H,10H2/t17-,19-,22-/m1/s1. The number of benzene rings is 3. The van der Waals surface area contributed by atoms with Crippen molar-refractivity contribution >= 4 is 22.1 Å². The zero-order valence-corrected chi connectivity index (χ0v) is 14.1. The lowest BCUT2D eigenvalue weighted by atomic mass is 9.76. The van der Waals surface area contributed by atoms with Gasteiger partial charge in [-0.3, -0.25) is 10.1 Å². The Bertz CT molecular complexity index is 1050. The topological polar surface area (TPSA) is 55.2 Å². The molecule has 0 fully saturated rings. The Labute approximate surface area is 151 Å². The van der Waals surface area contributed by atoms with E-state index in [1.165, 1.54) is 16.3 Å². The smallest absolute Gasteiger partial charge is 0.269 e. The second-order valence-corrected chi connectivity index (χ2v) is 7.07. The number of nitro benzene ring substituents is 1. The quantitative estimate of drug-likeness (QED) is 0.376. The minimum absolute atomic E-state index is 0.160. The number of nitro groups is 1. The first-order chi connectivity index (χ1) is 12.7. The summed E-state index contributed by atoms with van der Waals surface area (Å²) < 4.78 is 0. The first kappa shape index (κ1) is 15.1. The van der Waals surface area contributed by atoms with Crippen LogP contribution in [0.15, 0.2) is 72.8 Å². The van der Waals surface area contributed by atoms with Gasteiger partial charge >= 0.3 is 0 Å². The molecule has 1 N–H and O–H groups in total. The fourth-order valence-corrected chi connectivity index (χ4v) is 4.52. The van der Waals surface area contributed by atoms with Crippen molar-refractivity contribution in [3.8, 4) is 0 Å². The van der Waals surface area contributed by atoms with Crippen molar-refractivity contribution < 1.29 is 4.92 Å². The van der Waals surface area contributed by atoms with E-state index in [4.69, 9.17) is 0 Å². The molecule has 0 unspecified atom stereocenters. The van der Waals surface area contributed by atoms with E-state index in [2.05, 4.69) is 59.9 Å². The van der Waals surface area contributed by atoms with Gasteiger partial charge in [0.1, 0.15) is 0 Å². The van der Waals surface area contributed by atoms with E-state index in [9.17, 15) is 10.1 Å². The lowest BCUT2D eigenvalue weighted by molar-refractivity contribution is -0.384. The minimum Gasteiger partial charge on any atom is -0.378 e. The summed E-state index contributed by atoms with van der Waals surface area (Å²) in [5, 5.41) is 17.4. The number of hydrogen-bond acceptors (Lipinski definition) is 3. The number of nitrogens with zero attached hydrogens (tertiary/aromatic N) is 1. The molecular weight excluding hydrogens is 324 g/mol. The molecule has 0 aromatic heterocycles. The maximum absolute atomic E-state index is 11.2. The van der Waals surface area contributed by atoms with Crippen molar-refractivity contribution in [2.24, 2.45) is 5.92 Å². The van der Waals surface area contributed by atoms with Gasteiger partial charge < -0.3 is 5.32 Å². The van der Waals surface area contributed by atoms with Gasteiger partial charge in [-0.25, -0.2) is 0 Å². The average molecular weight is 342 g/mol. The second-order valence-electron chi connectivity index (χ2n) is 7.07. The fourth-order valence-electron chi connectivity index (χ4n) is 4.52. The molecule has 0 bridgehead atoms. The van der Waals surface area contributed by atoms with Crippen LogP contribution in [0.25, 0.3) is 10.8 Å². The van der Waals surface area contributed by atoms with E-state index in [1.54, 1.807) is 12.1 Å². The third-order valence-corrected chi connectivity index (χ3v) is 5.72. The summed E-state index contributed by atoms with van der Waals surface area (Å²) in [6.45, 7) is 0. The summed E-state index contributed by atoms with van der Waals surface area (Å²) in [5.41, 5.74) is 3.50. The van der Waals surface area contributed by atoms with Crippen LogP contribution in [-0.2, 0) is 0 Å². The molecule has 4 nitrogen and oxygen atoms in total. The van der Waals surface area contributed by atoms with Crippen LogP contribution in [0.5, 0.6) is 0 Å². The number of hydrogen-bond donors (Lipinski definition) is 1. The van der Waals surface area contributed by atoms with Gasteiger partial charge in [0.2, 0.25) is 0 Å². The van der Waals surface area contributed by atoms with Crippen LogP contribution >= 0.6 is 0 Å². The molecule has 0 amide bonds. The van der Waals surface area contributed by atoms with Crippen LogP contribution < -0.4 is 5.32 Å². The van der Waals surface area contributed by atoms with Crippen molar-refractivity contribution in [3.05, 3.63) is 94.1 Å². The molecule has 3 atom stereocenters. The van der Waals surface area contributed by atoms with E-state index in [0.29, 0.717) is 5.92 Å². The molecule has 3 aromatic carbocycles. The molecule has 5 rings (SSSR count). The summed E-state index contributed by atoms with van der Waals surface area (Å²) in [5.74, 6) is 0.588. The third-order valence-electron chi connectivity index (χ3n) is 5.72. The molecule has 1 heterocycles. The van der Waals surface area contributed by atoms with Crippen molar-refractivity contribution in [1.29, 1.82) is 0 Å². The van der Waals surface area contributed by atoms with Crippen LogP contribution in [-0.4, -0.2) is 4.92 Å². The van der Waals surface area contributed by atoms with Crippen LogP contribution in [0.2, 0.25) is 0 Å². The van der Waals surface area contributed by atoms with E-state index in [1.807, 2.05) is 6.07 Å². The predicted molar refractivity (Wildman–Crippen MR) is 103 cm³/mol. The van der Waals surface area contributed by atoms with E-state index < -0.39 is 0 Å². The predicted octanol–water partition coefficient (Wildman–Crippen LogP) is 5.57. The highest BCUT2D eigenvalue weighted by Gasteiger charge is 2.39. The number of anilines is 1. The maximum atomic E-state index is 11.2. The van der Waals surface area contributed by atoms with Crippen LogP contribution in [0.1, 0.15) is 29.5 Å². The molecule has 1 aliphatic carbocycles. The Morgan fingerprint density at radius 1 is 1.00 bits per heavy atom. The van der Waals surface area contributed by atoms with Crippen LogP contribution in [0.3, 0.4) is 0 Å². The average Bonchev–Trinajstić information content (AvgIpc) is 3.16. The molecule has 3 aromatic rings. The summed E-state index contributed by atoms with van der Waals surface area (Å²) in [6, 6.07) is 20.3.